The van der Waals surface area contributed by atoms with E-state index in [0.717, 1.165) is 25.0 Å². The monoisotopic (exact) mass is 426 g/mol. The Morgan fingerprint density at radius 2 is 1.77 bits per heavy atom. The lowest BCUT2D eigenvalue weighted by molar-refractivity contribution is -0.137. The maximum atomic E-state index is 13.0. The van der Waals surface area contributed by atoms with Crippen molar-refractivity contribution in [3.63, 3.8) is 0 Å². The maximum Gasteiger partial charge on any atom is 0.242 e. The summed E-state index contributed by atoms with van der Waals surface area (Å²) in [6, 6.07) is 17.9. The second kappa shape index (κ2) is 13.1. The summed E-state index contributed by atoms with van der Waals surface area (Å²) in [5, 5.41) is 2.97. The lowest BCUT2D eigenvalue weighted by atomic mass is 10.1. The fraction of sp³-hybridized carbons (Fsp3) is 0.440. The zero-order valence-corrected chi connectivity index (χ0v) is 19.2. The Morgan fingerprint density at radius 1 is 1.07 bits per heavy atom. The van der Waals surface area contributed by atoms with Crippen molar-refractivity contribution in [3.8, 4) is 0 Å². The number of carbonyl (C=O) groups is 2. The average Bonchev–Trinajstić information content (AvgIpc) is 2.76. The molecule has 0 heterocycles. The molecule has 2 amide bonds. The van der Waals surface area contributed by atoms with Crippen molar-refractivity contribution in [1.82, 2.24) is 10.2 Å². The number of benzene rings is 2. The highest BCUT2D eigenvalue weighted by molar-refractivity contribution is 7.99. The van der Waals surface area contributed by atoms with Crippen LogP contribution >= 0.6 is 11.8 Å². The molecule has 162 valence electrons. The lowest BCUT2D eigenvalue weighted by Gasteiger charge is -2.28. The Labute approximate surface area is 185 Å². The summed E-state index contributed by atoms with van der Waals surface area (Å²) in [5.41, 5.74) is 3.65. The van der Waals surface area contributed by atoms with Gasteiger partial charge in [0.1, 0.15) is 6.04 Å². The van der Waals surface area contributed by atoms with E-state index in [0.29, 0.717) is 18.8 Å². The Kier molecular flexibility index (Phi) is 10.5. The molecule has 1 N–H and O–H groups in total. The highest BCUT2D eigenvalue weighted by Gasteiger charge is 2.25. The van der Waals surface area contributed by atoms with Crippen molar-refractivity contribution in [2.75, 3.05) is 18.8 Å². The van der Waals surface area contributed by atoms with Gasteiger partial charge >= 0.3 is 0 Å². The number of unbranched alkanes of at least 4 members (excludes halogenated alkanes) is 1. The molecule has 0 fully saturated rings. The Balaban J connectivity index is 1.98. The van der Waals surface area contributed by atoms with Crippen LogP contribution in [0.2, 0.25) is 0 Å². The number of hydrogen-bond acceptors (Lipinski definition) is 3. The summed E-state index contributed by atoms with van der Waals surface area (Å²) in [6.45, 7) is 7.21. The molecule has 5 heteroatoms. The largest absolute Gasteiger partial charge is 0.354 e. The molecule has 0 spiro atoms. The quantitative estimate of drug-likeness (QED) is 0.505. The number of thioether (sulfide) groups is 1. The minimum absolute atomic E-state index is 0.0163. The summed E-state index contributed by atoms with van der Waals surface area (Å²) in [5.74, 6) is 1.11. The number of amides is 2. The average molecular weight is 427 g/mol. The van der Waals surface area contributed by atoms with Crippen molar-refractivity contribution in [3.05, 3.63) is 71.3 Å². The molecule has 2 rings (SSSR count). The second-order valence-electron chi connectivity index (χ2n) is 7.56. The van der Waals surface area contributed by atoms with Crippen molar-refractivity contribution in [2.45, 2.75) is 51.8 Å². The highest BCUT2D eigenvalue weighted by atomic mass is 32.2. The van der Waals surface area contributed by atoms with Gasteiger partial charge in [0.2, 0.25) is 11.8 Å². The van der Waals surface area contributed by atoms with E-state index in [1.807, 2.05) is 37.3 Å². The summed E-state index contributed by atoms with van der Waals surface area (Å²) >= 11 is 1.61. The lowest BCUT2D eigenvalue weighted by Crippen LogP contribution is -2.49. The maximum absolute atomic E-state index is 13.0. The van der Waals surface area contributed by atoms with Gasteiger partial charge < -0.3 is 10.2 Å². The number of carbonyl (C=O) groups excluding carboxylic acids is 2. The summed E-state index contributed by atoms with van der Waals surface area (Å²) in [7, 11) is 0. The van der Waals surface area contributed by atoms with E-state index >= 15 is 0 Å². The van der Waals surface area contributed by atoms with Crippen LogP contribution in [0.1, 0.15) is 43.4 Å². The molecule has 0 aliphatic heterocycles. The predicted molar refractivity (Wildman–Crippen MR) is 127 cm³/mol. The molecule has 0 aliphatic carbocycles. The van der Waals surface area contributed by atoms with Gasteiger partial charge in [0.05, 0.1) is 5.75 Å². The molecule has 0 saturated heterocycles. The predicted octanol–water partition coefficient (Wildman–Crippen LogP) is 4.60. The molecular weight excluding hydrogens is 392 g/mol. The van der Waals surface area contributed by atoms with Crippen LogP contribution in [-0.4, -0.2) is 41.6 Å². The van der Waals surface area contributed by atoms with Gasteiger partial charge in [-0.05, 0) is 43.4 Å². The van der Waals surface area contributed by atoms with E-state index in [1.165, 1.54) is 16.7 Å². The van der Waals surface area contributed by atoms with Crippen LogP contribution < -0.4 is 5.32 Å². The Bertz CT molecular complexity index is 795. The van der Waals surface area contributed by atoms with Gasteiger partial charge in [-0.15, -0.1) is 11.8 Å². The first-order chi connectivity index (χ1) is 14.5. The summed E-state index contributed by atoms with van der Waals surface area (Å²) in [6.07, 6.45) is 2.71. The van der Waals surface area contributed by atoms with Crippen molar-refractivity contribution >= 4 is 23.6 Å². The molecule has 1 atom stereocenters. The van der Waals surface area contributed by atoms with E-state index in [2.05, 4.69) is 43.4 Å². The Hall–Kier alpha value is -2.27. The number of nitrogens with one attached hydrogen (secondary N) is 1. The third-order valence-corrected chi connectivity index (χ3v) is 6.19. The van der Waals surface area contributed by atoms with Crippen molar-refractivity contribution < 1.29 is 9.59 Å². The van der Waals surface area contributed by atoms with Crippen LogP contribution in [0.5, 0.6) is 0 Å². The first kappa shape index (κ1) is 24.0. The molecule has 0 bridgehead atoms. The standard InChI is InChI=1S/C25H34N2O2S/c1-4-5-16-26-25(29)21(3)27(17-15-22-12-7-6-8-13-22)24(28)19-30-18-23-14-10-9-11-20(23)2/h6-14,21H,4-5,15-19H2,1-3H3,(H,26,29)/t21-/m0/s1. The Morgan fingerprint density at radius 3 is 2.47 bits per heavy atom. The van der Waals surface area contributed by atoms with E-state index in [1.54, 1.807) is 16.7 Å². The number of rotatable bonds is 12. The van der Waals surface area contributed by atoms with E-state index in [9.17, 15) is 9.59 Å². The van der Waals surface area contributed by atoms with Crippen LogP contribution in [0.3, 0.4) is 0 Å². The zero-order valence-electron chi connectivity index (χ0n) is 18.4. The third kappa shape index (κ3) is 7.86. The summed E-state index contributed by atoms with van der Waals surface area (Å²) in [4.78, 5) is 27.4. The molecule has 0 aliphatic rings. The normalized spacial score (nSPS) is 11.7. The fourth-order valence-electron chi connectivity index (χ4n) is 3.21. The first-order valence-electron chi connectivity index (χ1n) is 10.8. The van der Waals surface area contributed by atoms with Gasteiger partial charge in [0, 0.05) is 18.8 Å². The van der Waals surface area contributed by atoms with Crippen LogP contribution in [0.15, 0.2) is 54.6 Å². The molecule has 4 nitrogen and oxygen atoms in total. The van der Waals surface area contributed by atoms with Crippen LogP contribution in [0.25, 0.3) is 0 Å². The molecule has 0 radical (unpaired) electrons. The van der Waals surface area contributed by atoms with Crippen molar-refractivity contribution in [2.24, 2.45) is 0 Å². The third-order valence-electron chi connectivity index (χ3n) is 5.23. The van der Waals surface area contributed by atoms with Gasteiger partial charge in [-0.25, -0.2) is 0 Å². The number of nitrogens with zero attached hydrogens (tertiary/aromatic N) is 1. The van der Waals surface area contributed by atoms with Crippen LogP contribution in [0.4, 0.5) is 0 Å². The minimum Gasteiger partial charge on any atom is -0.354 e. The topological polar surface area (TPSA) is 49.4 Å². The fourth-order valence-corrected chi connectivity index (χ4v) is 4.20. The minimum atomic E-state index is -0.475. The number of hydrogen-bond donors (Lipinski definition) is 1. The van der Waals surface area contributed by atoms with Gasteiger partial charge in [0.25, 0.3) is 0 Å². The van der Waals surface area contributed by atoms with Gasteiger partial charge in [-0.3, -0.25) is 9.59 Å². The summed E-state index contributed by atoms with van der Waals surface area (Å²) < 4.78 is 0. The molecule has 0 saturated carbocycles. The van der Waals surface area contributed by atoms with Crippen molar-refractivity contribution in [1.29, 1.82) is 0 Å². The second-order valence-corrected chi connectivity index (χ2v) is 8.55. The molecule has 0 unspecified atom stereocenters. The van der Waals surface area contributed by atoms with E-state index in [4.69, 9.17) is 0 Å². The van der Waals surface area contributed by atoms with E-state index < -0.39 is 6.04 Å². The van der Waals surface area contributed by atoms with Gasteiger partial charge in [-0.1, -0.05) is 67.9 Å². The smallest absolute Gasteiger partial charge is 0.242 e. The first-order valence-corrected chi connectivity index (χ1v) is 11.9. The molecule has 0 aromatic heterocycles. The van der Waals surface area contributed by atoms with E-state index in [-0.39, 0.29) is 11.8 Å². The number of aryl methyl sites for hydroxylation is 1. The van der Waals surface area contributed by atoms with Crippen LogP contribution in [-0.2, 0) is 21.8 Å². The van der Waals surface area contributed by atoms with Crippen LogP contribution in [0, 0.1) is 6.92 Å². The zero-order chi connectivity index (χ0) is 21.8. The van der Waals surface area contributed by atoms with Gasteiger partial charge in [0.15, 0.2) is 0 Å². The SMILES string of the molecule is CCCCNC(=O)[C@H](C)N(CCc1ccccc1)C(=O)CSCc1ccccc1C. The molecule has 30 heavy (non-hydrogen) atoms. The molecule has 2 aromatic carbocycles. The highest BCUT2D eigenvalue weighted by Crippen LogP contribution is 2.17. The molecular formula is C25H34N2O2S. The molecule has 2 aromatic rings. The van der Waals surface area contributed by atoms with Gasteiger partial charge in [-0.2, -0.15) is 0 Å².